The zero-order chi connectivity index (χ0) is 23.1. The Morgan fingerprint density at radius 1 is 0.588 bits per heavy atom. The van der Waals surface area contributed by atoms with Crippen LogP contribution in [0.5, 0.6) is 0 Å². The van der Waals surface area contributed by atoms with Crippen molar-refractivity contribution in [1.82, 2.24) is 0 Å². The Labute approximate surface area is 193 Å². The molecule has 0 radical (unpaired) electrons. The second kappa shape index (κ2) is 6.39. The predicted octanol–water partition coefficient (Wildman–Crippen LogP) is 5.64. The van der Waals surface area contributed by atoms with Crippen molar-refractivity contribution in [2.45, 2.75) is 0 Å². The smallest absolute Gasteiger partial charge is 0.265 e. The summed E-state index contributed by atoms with van der Waals surface area (Å²) in [4.78, 5) is 39.8. The normalized spacial score (nSPS) is 13.6. The van der Waals surface area contributed by atoms with Gasteiger partial charge in [0.15, 0.2) is 0 Å². The van der Waals surface area contributed by atoms with Gasteiger partial charge in [-0.25, -0.2) is 4.90 Å². The second-order valence-electron chi connectivity index (χ2n) is 8.64. The van der Waals surface area contributed by atoms with Crippen molar-refractivity contribution < 1.29 is 14.4 Å². The lowest BCUT2D eigenvalue weighted by molar-refractivity contribution is 0.0892. The number of carbonyl (C=O) groups is 3. The van der Waals surface area contributed by atoms with Crippen LogP contribution in [-0.2, 0) is 0 Å². The van der Waals surface area contributed by atoms with Crippen molar-refractivity contribution >= 4 is 66.5 Å². The molecule has 3 amide bonds. The van der Waals surface area contributed by atoms with E-state index < -0.39 is 5.91 Å². The molecule has 1 aliphatic rings. The zero-order valence-corrected chi connectivity index (χ0v) is 17.8. The van der Waals surface area contributed by atoms with Crippen LogP contribution in [0.25, 0.3) is 43.1 Å². The summed E-state index contributed by atoms with van der Waals surface area (Å²) >= 11 is 0. The zero-order valence-electron chi connectivity index (χ0n) is 17.8. The lowest BCUT2D eigenvalue weighted by Gasteiger charge is -2.28. The number of carbonyl (C=O) groups excluding carboxylic acids is 3. The van der Waals surface area contributed by atoms with Crippen molar-refractivity contribution in [2.75, 3.05) is 4.90 Å². The number of primary amides is 1. The van der Waals surface area contributed by atoms with Crippen LogP contribution in [0.3, 0.4) is 0 Å². The number of imide groups is 1. The number of nitrogens with zero attached hydrogens (tertiary/aromatic N) is 1. The van der Waals surface area contributed by atoms with Gasteiger partial charge >= 0.3 is 0 Å². The van der Waals surface area contributed by atoms with E-state index in [1.165, 1.54) is 22.4 Å². The summed E-state index contributed by atoms with van der Waals surface area (Å²) in [6.07, 6.45) is 0. The van der Waals surface area contributed by atoms with Crippen LogP contribution >= 0.6 is 0 Å². The van der Waals surface area contributed by atoms with Crippen LogP contribution in [0.4, 0.5) is 5.69 Å². The van der Waals surface area contributed by atoms with Crippen LogP contribution in [0.1, 0.15) is 31.1 Å². The minimum absolute atomic E-state index is 0.312. The second-order valence-corrected chi connectivity index (χ2v) is 8.64. The Kier molecular flexibility index (Phi) is 3.53. The standard InChI is InChI=1S/C29H16N2O3/c30-27(32)16-7-9-17(10-8-16)31-28(33)22-13-11-20-18-5-1-3-15-4-2-6-19(24(15)18)21-12-14-23(29(31)34)26(22)25(20)21/h1-14H,(H2,30,32). The van der Waals surface area contributed by atoms with Gasteiger partial charge in [-0.15, -0.1) is 0 Å². The van der Waals surface area contributed by atoms with Crippen LogP contribution in [0.2, 0.25) is 0 Å². The van der Waals surface area contributed by atoms with Gasteiger partial charge in [0.05, 0.1) is 5.69 Å². The monoisotopic (exact) mass is 440 g/mol. The maximum Gasteiger partial charge on any atom is 0.265 e. The molecule has 6 aromatic carbocycles. The molecule has 0 spiro atoms. The topological polar surface area (TPSA) is 80.5 Å². The maximum absolute atomic E-state index is 13.6. The minimum Gasteiger partial charge on any atom is -0.366 e. The van der Waals surface area contributed by atoms with Crippen LogP contribution in [-0.4, -0.2) is 17.7 Å². The van der Waals surface area contributed by atoms with Gasteiger partial charge in [0.25, 0.3) is 11.8 Å². The molecule has 160 valence electrons. The van der Waals surface area contributed by atoms with E-state index in [1.54, 1.807) is 12.1 Å². The van der Waals surface area contributed by atoms with Crippen molar-refractivity contribution in [3.8, 4) is 0 Å². The number of amides is 3. The number of hydrogen-bond donors (Lipinski definition) is 1. The average molecular weight is 440 g/mol. The molecular formula is C29H16N2O3. The molecule has 2 N–H and O–H groups in total. The van der Waals surface area contributed by atoms with Gasteiger partial charge in [-0.3, -0.25) is 14.4 Å². The van der Waals surface area contributed by atoms with Crippen molar-refractivity contribution in [1.29, 1.82) is 0 Å². The van der Waals surface area contributed by atoms with E-state index in [0.717, 1.165) is 32.3 Å². The first kappa shape index (κ1) is 18.8. The Balaban J connectivity index is 1.55. The third-order valence-corrected chi connectivity index (χ3v) is 6.92. The fraction of sp³-hybridized carbons (Fsp3) is 0. The summed E-state index contributed by atoms with van der Waals surface area (Å²) < 4.78 is 0. The Hall–Kier alpha value is -4.77. The Morgan fingerprint density at radius 3 is 1.65 bits per heavy atom. The Morgan fingerprint density at radius 2 is 1.12 bits per heavy atom. The molecule has 0 fully saturated rings. The van der Waals surface area contributed by atoms with Gasteiger partial charge in [0.1, 0.15) is 0 Å². The maximum atomic E-state index is 13.6. The van der Waals surface area contributed by atoms with Crippen molar-refractivity contribution in [3.63, 3.8) is 0 Å². The summed E-state index contributed by atoms with van der Waals surface area (Å²) in [6.45, 7) is 0. The van der Waals surface area contributed by atoms with Gasteiger partial charge in [0, 0.05) is 22.1 Å². The number of nitrogens with two attached hydrogens (primary N) is 1. The molecular weight excluding hydrogens is 424 g/mol. The molecule has 0 atom stereocenters. The van der Waals surface area contributed by atoms with E-state index in [0.29, 0.717) is 27.8 Å². The summed E-state index contributed by atoms with van der Waals surface area (Å²) in [7, 11) is 0. The first-order chi connectivity index (χ1) is 16.5. The lowest BCUT2D eigenvalue weighted by Crippen LogP contribution is -2.40. The first-order valence-electron chi connectivity index (χ1n) is 11.0. The van der Waals surface area contributed by atoms with Gasteiger partial charge in [-0.1, -0.05) is 48.5 Å². The van der Waals surface area contributed by atoms with E-state index in [-0.39, 0.29) is 11.8 Å². The number of hydrogen-bond acceptors (Lipinski definition) is 3. The molecule has 6 aromatic rings. The van der Waals surface area contributed by atoms with Crippen molar-refractivity contribution in [3.05, 3.63) is 102 Å². The van der Waals surface area contributed by atoms with Gasteiger partial charge in [-0.2, -0.15) is 0 Å². The molecule has 0 bridgehead atoms. The number of fused-ring (bicyclic) bond motifs is 2. The number of benzene rings is 6. The largest absolute Gasteiger partial charge is 0.366 e. The fourth-order valence-corrected chi connectivity index (χ4v) is 5.43. The number of anilines is 1. The van der Waals surface area contributed by atoms with Gasteiger partial charge < -0.3 is 5.73 Å². The summed E-state index contributed by atoms with van der Waals surface area (Å²) in [5.74, 6) is -1.34. The molecule has 5 heteroatoms. The van der Waals surface area contributed by atoms with Gasteiger partial charge in [-0.05, 0) is 74.1 Å². The molecule has 1 heterocycles. The van der Waals surface area contributed by atoms with E-state index in [1.807, 2.05) is 36.4 Å². The highest BCUT2D eigenvalue weighted by Crippen LogP contribution is 2.44. The molecule has 0 aliphatic carbocycles. The minimum atomic E-state index is -0.567. The molecule has 5 nitrogen and oxygen atoms in total. The van der Waals surface area contributed by atoms with Crippen LogP contribution in [0.15, 0.2) is 84.9 Å². The molecule has 0 saturated heterocycles. The SMILES string of the molecule is NC(=O)c1ccc(N2C(=O)c3ccc4c5cccc6cccc(c7ccc(c3c47)C2=O)c65)cc1. The van der Waals surface area contributed by atoms with Crippen molar-refractivity contribution in [2.24, 2.45) is 5.73 Å². The third kappa shape index (κ3) is 2.25. The molecule has 0 unspecified atom stereocenters. The van der Waals surface area contributed by atoms with Gasteiger partial charge in [0.2, 0.25) is 5.91 Å². The van der Waals surface area contributed by atoms with E-state index in [9.17, 15) is 14.4 Å². The third-order valence-electron chi connectivity index (χ3n) is 6.92. The first-order valence-corrected chi connectivity index (χ1v) is 11.0. The Bertz CT molecular complexity index is 1770. The summed E-state index contributed by atoms with van der Waals surface area (Å²) in [5.41, 5.74) is 7.02. The van der Waals surface area contributed by atoms with E-state index in [2.05, 4.69) is 24.3 Å². The van der Waals surface area contributed by atoms with E-state index >= 15 is 0 Å². The lowest BCUT2D eigenvalue weighted by atomic mass is 9.85. The molecule has 0 saturated carbocycles. The average Bonchev–Trinajstić information content (AvgIpc) is 2.86. The molecule has 1 aliphatic heterocycles. The molecule has 7 rings (SSSR count). The number of rotatable bonds is 2. The van der Waals surface area contributed by atoms with E-state index in [4.69, 9.17) is 5.73 Å². The van der Waals surface area contributed by atoms with Crippen LogP contribution in [0, 0.1) is 0 Å². The summed E-state index contributed by atoms with van der Waals surface area (Å²) in [5, 5.41) is 8.24. The molecule has 34 heavy (non-hydrogen) atoms. The highest BCUT2D eigenvalue weighted by molar-refractivity contribution is 6.42. The molecule has 0 aromatic heterocycles. The summed E-state index contributed by atoms with van der Waals surface area (Å²) in [6, 6.07) is 26.2. The fourth-order valence-electron chi connectivity index (χ4n) is 5.43. The van der Waals surface area contributed by atoms with Crippen LogP contribution < -0.4 is 10.6 Å². The quantitative estimate of drug-likeness (QED) is 0.215. The highest BCUT2D eigenvalue weighted by Gasteiger charge is 2.35. The highest BCUT2D eigenvalue weighted by atomic mass is 16.2. The predicted molar refractivity (Wildman–Crippen MR) is 134 cm³/mol.